The van der Waals surface area contributed by atoms with Gasteiger partial charge < -0.3 is 14.3 Å². The van der Waals surface area contributed by atoms with E-state index in [2.05, 4.69) is 10.3 Å². The maximum Gasteiger partial charge on any atom is 0.417 e. The molecule has 0 saturated carbocycles. The molecule has 0 spiro atoms. The maximum atomic E-state index is 13.0. The average molecular weight is 411 g/mol. The van der Waals surface area contributed by atoms with Crippen LogP contribution in [-0.4, -0.2) is 68.2 Å². The summed E-state index contributed by atoms with van der Waals surface area (Å²) >= 11 is 0. The van der Waals surface area contributed by atoms with E-state index in [0.29, 0.717) is 23.8 Å². The van der Waals surface area contributed by atoms with Crippen LogP contribution in [0.4, 0.5) is 4.79 Å². The second-order valence-corrected chi connectivity index (χ2v) is 7.20. The van der Waals surface area contributed by atoms with E-state index in [-0.39, 0.29) is 18.4 Å². The molecule has 1 N–H and O–H groups in total. The Labute approximate surface area is 173 Å². The van der Waals surface area contributed by atoms with Crippen LogP contribution in [0.25, 0.3) is 0 Å². The van der Waals surface area contributed by atoms with Crippen LogP contribution in [-0.2, 0) is 22.7 Å². The van der Waals surface area contributed by atoms with Gasteiger partial charge in [-0.25, -0.2) is 19.3 Å². The molecule has 4 heterocycles. The van der Waals surface area contributed by atoms with Crippen LogP contribution in [0.3, 0.4) is 0 Å². The Morgan fingerprint density at radius 3 is 2.83 bits per heavy atom. The Bertz CT molecular complexity index is 1020. The molecule has 4 amide bonds. The number of carbonyl (C=O) groups is 3. The van der Waals surface area contributed by atoms with Gasteiger partial charge in [0.2, 0.25) is 0 Å². The first-order valence-corrected chi connectivity index (χ1v) is 9.65. The van der Waals surface area contributed by atoms with E-state index in [4.69, 9.17) is 4.42 Å². The molecule has 156 valence electrons. The molecule has 0 aromatic carbocycles. The van der Waals surface area contributed by atoms with Crippen molar-refractivity contribution in [1.82, 2.24) is 24.7 Å². The third-order valence-electron chi connectivity index (χ3n) is 5.25. The summed E-state index contributed by atoms with van der Waals surface area (Å²) in [5.41, 5.74) is 0.331. The number of imidazole rings is 1. The van der Waals surface area contributed by atoms with Gasteiger partial charge in [-0.15, -0.1) is 0 Å². The van der Waals surface area contributed by atoms with Crippen molar-refractivity contribution in [2.45, 2.75) is 19.5 Å². The standard InChI is InChI=1S/C20H22N6O4/c1-23-18-15(19(28)24(2)20(23)29)11-16(26(18)12-14-5-3-10-30-14)17(27)22-6-4-8-25-9-7-21-13-25/h3,5,7,9-11,13,15H,4,6,8,12H2,1-2H3/p+1. The third-order valence-corrected chi connectivity index (χ3v) is 5.25. The van der Waals surface area contributed by atoms with E-state index in [1.165, 1.54) is 11.9 Å². The number of carbonyl (C=O) groups excluding carboxylic acids is 3. The fourth-order valence-corrected chi connectivity index (χ4v) is 3.71. The van der Waals surface area contributed by atoms with Gasteiger partial charge in [-0.3, -0.25) is 9.59 Å². The Balaban J connectivity index is 1.55. The smallest absolute Gasteiger partial charge is 0.417 e. The summed E-state index contributed by atoms with van der Waals surface area (Å²) in [5, 5.41) is 2.90. The number of hydrogen-bond donors (Lipinski definition) is 1. The average Bonchev–Trinajstić information content (AvgIpc) is 3.49. The van der Waals surface area contributed by atoms with Gasteiger partial charge in [0.1, 0.15) is 12.3 Å². The van der Waals surface area contributed by atoms with Crippen molar-refractivity contribution in [3.05, 3.63) is 54.7 Å². The third kappa shape index (κ3) is 3.51. The van der Waals surface area contributed by atoms with Crippen LogP contribution in [0.2, 0.25) is 0 Å². The van der Waals surface area contributed by atoms with Crippen molar-refractivity contribution < 1.29 is 23.4 Å². The zero-order valence-corrected chi connectivity index (χ0v) is 16.8. The molecule has 0 radical (unpaired) electrons. The van der Waals surface area contributed by atoms with Crippen molar-refractivity contribution in [3.63, 3.8) is 0 Å². The summed E-state index contributed by atoms with van der Waals surface area (Å²) in [6.45, 7) is 1.43. The van der Waals surface area contributed by atoms with E-state index in [1.807, 2.05) is 10.8 Å². The Hall–Kier alpha value is -3.69. The number of hydrogen-bond acceptors (Lipinski definition) is 5. The van der Waals surface area contributed by atoms with Crippen LogP contribution in [0, 0.1) is 5.92 Å². The maximum absolute atomic E-state index is 13.0. The topological polar surface area (TPSA) is 104 Å². The number of fused-ring (bicyclic) bond motifs is 1. The van der Waals surface area contributed by atoms with Gasteiger partial charge in [0.25, 0.3) is 17.6 Å². The number of aryl methyl sites for hydroxylation is 1. The second-order valence-electron chi connectivity index (χ2n) is 7.20. The number of urea groups is 1. The van der Waals surface area contributed by atoms with E-state index in [0.717, 1.165) is 17.9 Å². The summed E-state index contributed by atoms with van der Waals surface area (Å²) < 4.78 is 9.04. The largest absolute Gasteiger partial charge is 0.465 e. The quantitative estimate of drug-likeness (QED) is 0.532. The first kappa shape index (κ1) is 19.6. The number of rotatable bonds is 7. The highest BCUT2D eigenvalue weighted by atomic mass is 16.3. The Morgan fingerprint density at radius 1 is 1.30 bits per heavy atom. The summed E-state index contributed by atoms with van der Waals surface area (Å²) in [6.07, 6.45) is 9.19. The van der Waals surface area contributed by atoms with Gasteiger partial charge in [-0.2, -0.15) is 4.90 Å². The minimum Gasteiger partial charge on any atom is -0.465 e. The molecule has 10 nitrogen and oxygen atoms in total. The number of nitrogens with zero attached hydrogens (tertiary/aromatic N) is 5. The summed E-state index contributed by atoms with van der Waals surface area (Å²) in [6, 6.07) is 3.10. The van der Waals surface area contributed by atoms with Crippen molar-refractivity contribution in [2.24, 2.45) is 5.92 Å². The number of aromatic nitrogens is 2. The van der Waals surface area contributed by atoms with Gasteiger partial charge in [-0.1, -0.05) is 0 Å². The van der Waals surface area contributed by atoms with Crippen LogP contribution in [0.5, 0.6) is 0 Å². The number of imide groups is 1. The number of nitrogens with one attached hydrogen (secondary N) is 1. The molecular weight excluding hydrogens is 388 g/mol. The molecule has 4 rings (SSSR count). The number of amidine groups is 1. The Kier molecular flexibility index (Phi) is 5.21. The fourth-order valence-electron chi connectivity index (χ4n) is 3.71. The molecular formula is C20H23N6O4+. The van der Waals surface area contributed by atoms with Crippen molar-refractivity contribution >= 4 is 23.7 Å². The van der Waals surface area contributed by atoms with Crippen molar-refractivity contribution in [1.29, 1.82) is 0 Å². The zero-order valence-electron chi connectivity index (χ0n) is 16.8. The molecule has 10 heteroatoms. The Morgan fingerprint density at radius 2 is 2.13 bits per heavy atom. The molecule has 30 heavy (non-hydrogen) atoms. The SMILES string of the molecule is CN1C(=O)C2C=C(C(=O)NCCCn3ccnc3)[N+](Cc3ccco3)=C2N(C)C1=O. The monoisotopic (exact) mass is 411 g/mol. The minimum atomic E-state index is -0.695. The lowest BCUT2D eigenvalue weighted by atomic mass is 10.0. The zero-order chi connectivity index (χ0) is 21.3. The molecule has 2 aromatic rings. The lowest BCUT2D eigenvalue weighted by Gasteiger charge is -2.27. The highest BCUT2D eigenvalue weighted by Crippen LogP contribution is 2.27. The first-order valence-electron chi connectivity index (χ1n) is 9.65. The molecule has 1 unspecified atom stereocenters. The molecule has 2 aliphatic rings. The summed E-state index contributed by atoms with van der Waals surface area (Å²) in [7, 11) is 3.04. The molecule has 0 aliphatic carbocycles. The first-order chi connectivity index (χ1) is 14.5. The molecule has 1 fully saturated rings. The van der Waals surface area contributed by atoms with E-state index in [1.54, 1.807) is 48.6 Å². The van der Waals surface area contributed by atoms with Gasteiger partial charge in [0.15, 0.2) is 11.6 Å². The van der Waals surface area contributed by atoms with E-state index in [9.17, 15) is 14.4 Å². The molecule has 2 aromatic heterocycles. The predicted molar refractivity (Wildman–Crippen MR) is 105 cm³/mol. The predicted octanol–water partition coefficient (Wildman–Crippen LogP) is 0.631. The van der Waals surface area contributed by atoms with Crippen molar-refractivity contribution in [2.75, 3.05) is 20.6 Å². The summed E-state index contributed by atoms with van der Waals surface area (Å²) in [5.74, 6) is -0.276. The fraction of sp³-hybridized carbons (Fsp3) is 0.350. The highest BCUT2D eigenvalue weighted by Gasteiger charge is 2.51. The normalized spacial score (nSPS) is 18.7. The highest BCUT2D eigenvalue weighted by molar-refractivity contribution is 6.19. The number of furan rings is 1. The minimum absolute atomic E-state index is 0.238. The van der Waals surface area contributed by atoms with Crippen molar-refractivity contribution in [3.8, 4) is 0 Å². The van der Waals surface area contributed by atoms with Crippen LogP contribution in [0.1, 0.15) is 12.2 Å². The lowest BCUT2D eigenvalue weighted by molar-refractivity contribution is -0.492. The number of amides is 4. The van der Waals surface area contributed by atoms with Gasteiger partial charge in [0, 0.05) is 32.5 Å². The molecule has 1 saturated heterocycles. The molecule has 1 atom stereocenters. The van der Waals surface area contributed by atoms with E-state index >= 15 is 0 Å². The van der Waals surface area contributed by atoms with Crippen LogP contribution in [0.15, 0.2) is 53.3 Å². The molecule has 2 aliphatic heterocycles. The van der Waals surface area contributed by atoms with Gasteiger partial charge >= 0.3 is 6.03 Å². The van der Waals surface area contributed by atoms with Gasteiger partial charge in [-0.05, 0) is 24.6 Å². The second kappa shape index (κ2) is 7.97. The van der Waals surface area contributed by atoms with Crippen LogP contribution >= 0.6 is 0 Å². The lowest BCUT2D eigenvalue weighted by Crippen LogP contribution is -2.57. The molecule has 0 bridgehead atoms. The summed E-state index contributed by atoms with van der Waals surface area (Å²) in [4.78, 5) is 44.6. The van der Waals surface area contributed by atoms with Gasteiger partial charge in [0.05, 0.1) is 19.6 Å². The van der Waals surface area contributed by atoms with E-state index < -0.39 is 11.9 Å². The van der Waals surface area contributed by atoms with Crippen LogP contribution < -0.4 is 5.32 Å².